The van der Waals surface area contributed by atoms with E-state index in [1.165, 1.54) is 6.07 Å². The number of carbonyl (C=O) groups excluding carboxylic acids is 1. The maximum atomic E-state index is 13.2. The van der Waals surface area contributed by atoms with Crippen molar-refractivity contribution in [2.45, 2.75) is 20.5 Å². The van der Waals surface area contributed by atoms with E-state index in [0.29, 0.717) is 22.2 Å². The molecule has 6 nitrogen and oxygen atoms in total. The molecule has 2 heterocycles. The lowest BCUT2D eigenvalue weighted by Gasteiger charge is -2.14. The first-order chi connectivity index (χ1) is 14.8. The summed E-state index contributed by atoms with van der Waals surface area (Å²) < 4.78 is 31.9. The molecule has 0 radical (unpaired) electrons. The summed E-state index contributed by atoms with van der Waals surface area (Å²) in [5.41, 5.74) is 4.28. The number of para-hydroxylation sites is 1. The molecule has 1 N–H and O–H groups in total. The number of aromatic nitrogens is 3. The number of anilines is 1. The highest BCUT2D eigenvalue weighted by atomic mass is 19.3. The van der Waals surface area contributed by atoms with Crippen molar-refractivity contribution in [2.24, 2.45) is 7.05 Å². The van der Waals surface area contributed by atoms with Gasteiger partial charge in [0.15, 0.2) is 0 Å². The number of aryl methyl sites for hydroxylation is 2. The van der Waals surface area contributed by atoms with Gasteiger partial charge in [0.25, 0.3) is 5.91 Å². The smallest absolute Gasteiger partial charge is 0.387 e. The standard InChI is InChI=1S/C23H20F2N4O2/c1-13-8-9-21(31-23(24)25)20(10-13)28-22(30)16-11-19(17-12-26-29(3)14(17)2)27-18-7-5-4-6-15(16)18/h4-12,23H,1-3H3,(H,28,30). The van der Waals surface area contributed by atoms with Crippen LogP contribution in [0.4, 0.5) is 14.5 Å². The van der Waals surface area contributed by atoms with Crippen molar-refractivity contribution in [3.05, 3.63) is 71.5 Å². The van der Waals surface area contributed by atoms with Crippen molar-refractivity contribution in [1.82, 2.24) is 14.8 Å². The molecule has 0 aliphatic carbocycles. The molecule has 2 aromatic carbocycles. The second-order valence-electron chi connectivity index (χ2n) is 7.17. The number of ether oxygens (including phenoxy) is 1. The van der Waals surface area contributed by atoms with Crippen molar-refractivity contribution >= 4 is 22.5 Å². The Morgan fingerprint density at radius 3 is 2.61 bits per heavy atom. The summed E-state index contributed by atoms with van der Waals surface area (Å²) >= 11 is 0. The molecule has 0 aliphatic heterocycles. The van der Waals surface area contributed by atoms with Crippen LogP contribution in [0.25, 0.3) is 22.2 Å². The fourth-order valence-electron chi connectivity index (χ4n) is 3.38. The lowest BCUT2D eigenvalue weighted by atomic mass is 10.0. The average Bonchev–Trinajstić information content (AvgIpc) is 3.07. The van der Waals surface area contributed by atoms with Gasteiger partial charge >= 0.3 is 6.61 Å². The highest BCUT2D eigenvalue weighted by Crippen LogP contribution is 2.30. The molecule has 0 fully saturated rings. The second-order valence-corrected chi connectivity index (χ2v) is 7.17. The number of alkyl halides is 2. The molecule has 0 saturated carbocycles. The predicted octanol–water partition coefficient (Wildman–Crippen LogP) is 5.11. The predicted molar refractivity (Wildman–Crippen MR) is 114 cm³/mol. The number of fused-ring (bicyclic) bond motifs is 1. The fourth-order valence-corrected chi connectivity index (χ4v) is 3.38. The summed E-state index contributed by atoms with van der Waals surface area (Å²) in [6.45, 7) is 0.715. The van der Waals surface area contributed by atoms with E-state index in [2.05, 4.69) is 20.1 Å². The molecule has 4 aromatic rings. The van der Waals surface area contributed by atoms with Gasteiger partial charge in [0.1, 0.15) is 5.75 Å². The lowest BCUT2D eigenvalue weighted by molar-refractivity contribution is -0.0493. The zero-order chi connectivity index (χ0) is 22.1. The van der Waals surface area contributed by atoms with Crippen molar-refractivity contribution < 1.29 is 18.3 Å². The van der Waals surface area contributed by atoms with E-state index in [4.69, 9.17) is 0 Å². The van der Waals surface area contributed by atoms with Crippen LogP contribution in [-0.4, -0.2) is 27.3 Å². The van der Waals surface area contributed by atoms with Crippen molar-refractivity contribution in [3.63, 3.8) is 0 Å². The number of benzene rings is 2. The van der Waals surface area contributed by atoms with Gasteiger partial charge in [-0.2, -0.15) is 13.9 Å². The van der Waals surface area contributed by atoms with Gasteiger partial charge in [0.05, 0.1) is 28.7 Å². The molecule has 0 atom stereocenters. The normalized spacial score (nSPS) is 11.2. The van der Waals surface area contributed by atoms with Crippen molar-refractivity contribution in [3.8, 4) is 17.0 Å². The maximum absolute atomic E-state index is 13.2. The number of amides is 1. The number of hydrogen-bond acceptors (Lipinski definition) is 4. The highest BCUT2D eigenvalue weighted by molar-refractivity contribution is 6.13. The number of pyridine rings is 1. The van der Waals surface area contributed by atoms with Crippen molar-refractivity contribution in [2.75, 3.05) is 5.32 Å². The molecule has 2 aromatic heterocycles. The highest BCUT2D eigenvalue weighted by Gasteiger charge is 2.18. The molecule has 0 saturated heterocycles. The Kier molecular flexibility index (Phi) is 5.37. The Labute approximate surface area is 177 Å². The fraction of sp³-hybridized carbons (Fsp3) is 0.174. The van der Waals surface area contributed by atoms with Gasteiger partial charge in [-0.05, 0) is 43.7 Å². The molecule has 0 unspecified atom stereocenters. The van der Waals surface area contributed by atoms with E-state index in [0.717, 1.165) is 16.8 Å². The number of rotatable bonds is 5. The summed E-state index contributed by atoms with van der Waals surface area (Å²) in [6, 6.07) is 13.6. The molecular formula is C23H20F2N4O2. The Morgan fingerprint density at radius 2 is 1.90 bits per heavy atom. The third-order valence-electron chi connectivity index (χ3n) is 5.07. The minimum Gasteiger partial charge on any atom is -0.433 e. The summed E-state index contributed by atoms with van der Waals surface area (Å²) in [5.74, 6) is -0.554. The molecule has 1 amide bonds. The SMILES string of the molecule is Cc1ccc(OC(F)F)c(NC(=O)c2cc(-c3cnn(C)c3C)nc3ccccc23)c1. The topological polar surface area (TPSA) is 69.0 Å². The maximum Gasteiger partial charge on any atom is 0.387 e. The van der Waals surface area contributed by atoms with Crippen LogP contribution in [-0.2, 0) is 7.05 Å². The Bertz CT molecular complexity index is 1280. The van der Waals surface area contributed by atoms with Crippen LogP contribution in [0.3, 0.4) is 0 Å². The summed E-state index contributed by atoms with van der Waals surface area (Å²) in [6.07, 6.45) is 1.70. The third kappa shape index (κ3) is 4.09. The molecule has 31 heavy (non-hydrogen) atoms. The van der Waals surface area contributed by atoms with Crippen molar-refractivity contribution in [1.29, 1.82) is 0 Å². The van der Waals surface area contributed by atoms with Crippen LogP contribution < -0.4 is 10.1 Å². The second kappa shape index (κ2) is 8.14. The number of nitrogens with zero attached hydrogens (tertiary/aromatic N) is 3. The van der Waals surface area contributed by atoms with Crippen LogP contribution >= 0.6 is 0 Å². The Balaban J connectivity index is 1.80. The summed E-state index contributed by atoms with van der Waals surface area (Å²) in [7, 11) is 1.83. The zero-order valence-electron chi connectivity index (χ0n) is 17.2. The van der Waals surface area contributed by atoms with Gasteiger partial charge in [-0.1, -0.05) is 24.3 Å². The minimum absolute atomic E-state index is 0.101. The van der Waals surface area contributed by atoms with E-state index < -0.39 is 12.5 Å². The number of carbonyl (C=O) groups is 1. The molecule has 0 aliphatic rings. The Morgan fingerprint density at radius 1 is 1.13 bits per heavy atom. The Hall–Kier alpha value is -3.81. The largest absolute Gasteiger partial charge is 0.433 e. The quantitative estimate of drug-likeness (QED) is 0.486. The minimum atomic E-state index is -3.00. The molecular weight excluding hydrogens is 402 g/mol. The molecule has 0 spiro atoms. The van der Waals surface area contributed by atoms with Gasteiger partial charge in [-0.3, -0.25) is 9.48 Å². The number of hydrogen-bond donors (Lipinski definition) is 1. The van der Waals surface area contributed by atoms with Crippen LogP contribution in [0, 0.1) is 13.8 Å². The van der Waals surface area contributed by atoms with Crippen LogP contribution in [0.5, 0.6) is 5.75 Å². The molecule has 8 heteroatoms. The molecule has 0 bridgehead atoms. The first kappa shape index (κ1) is 20.5. The van der Waals surface area contributed by atoms with Crippen LogP contribution in [0.2, 0.25) is 0 Å². The van der Waals surface area contributed by atoms with Gasteiger partial charge in [0.2, 0.25) is 0 Å². The van der Waals surface area contributed by atoms with Crippen LogP contribution in [0.1, 0.15) is 21.6 Å². The van der Waals surface area contributed by atoms with E-state index in [1.54, 1.807) is 42.1 Å². The van der Waals surface area contributed by atoms with Gasteiger partial charge in [-0.25, -0.2) is 4.98 Å². The number of nitrogens with one attached hydrogen (secondary N) is 1. The summed E-state index contributed by atoms with van der Waals surface area (Å²) in [5, 5.41) is 7.62. The van der Waals surface area contributed by atoms with Gasteiger partial charge in [-0.15, -0.1) is 0 Å². The molecule has 158 valence electrons. The monoisotopic (exact) mass is 422 g/mol. The molecule has 4 rings (SSSR count). The van der Waals surface area contributed by atoms with Gasteiger partial charge < -0.3 is 10.1 Å². The first-order valence-corrected chi connectivity index (χ1v) is 9.59. The first-order valence-electron chi connectivity index (χ1n) is 9.59. The number of halogens is 2. The third-order valence-corrected chi connectivity index (χ3v) is 5.07. The lowest BCUT2D eigenvalue weighted by Crippen LogP contribution is -2.15. The van der Waals surface area contributed by atoms with E-state index in [1.807, 2.05) is 32.2 Å². The van der Waals surface area contributed by atoms with E-state index in [-0.39, 0.29) is 11.4 Å². The summed E-state index contributed by atoms with van der Waals surface area (Å²) in [4.78, 5) is 17.9. The van der Waals surface area contributed by atoms with Gasteiger partial charge in [0, 0.05) is 23.7 Å². The zero-order valence-corrected chi connectivity index (χ0v) is 17.2. The van der Waals surface area contributed by atoms with Crippen LogP contribution in [0.15, 0.2) is 54.7 Å². The van der Waals surface area contributed by atoms with E-state index >= 15 is 0 Å². The average molecular weight is 422 g/mol. The van der Waals surface area contributed by atoms with E-state index in [9.17, 15) is 13.6 Å².